The SMILES string of the molecule is COC(=O)c1cc(Br)ccc1-c1ccc(C=C2C(=O)NC(=O)NC2=O)o1. The molecule has 0 radical (unpaired) electrons. The maximum Gasteiger partial charge on any atom is 0.338 e. The van der Waals surface area contributed by atoms with Crippen LogP contribution in [0.25, 0.3) is 17.4 Å². The van der Waals surface area contributed by atoms with Crippen LogP contribution in [-0.2, 0) is 14.3 Å². The van der Waals surface area contributed by atoms with Crippen molar-refractivity contribution in [1.29, 1.82) is 0 Å². The van der Waals surface area contributed by atoms with Crippen molar-refractivity contribution in [3.05, 3.63) is 51.7 Å². The van der Waals surface area contributed by atoms with Gasteiger partial charge >= 0.3 is 12.0 Å². The molecule has 1 fully saturated rings. The number of urea groups is 1. The third kappa shape index (κ3) is 3.42. The third-order valence-electron chi connectivity index (χ3n) is 3.51. The fourth-order valence-corrected chi connectivity index (χ4v) is 2.70. The number of carbonyl (C=O) groups excluding carboxylic acids is 4. The van der Waals surface area contributed by atoms with Crippen LogP contribution in [-0.4, -0.2) is 30.9 Å². The van der Waals surface area contributed by atoms with Crippen LogP contribution in [0.2, 0.25) is 0 Å². The number of benzene rings is 1. The van der Waals surface area contributed by atoms with Gasteiger partial charge in [-0.05, 0) is 36.4 Å². The number of hydrogen-bond donors (Lipinski definition) is 2. The summed E-state index contributed by atoms with van der Waals surface area (Å²) >= 11 is 3.29. The Hall–Kier alpha value is -3.20. The summed E-state index contributed by atoms with van der Waals surface area (Å²) in [5, 5.41) is 3.94. The molecule has 0 bridgehead atoms. The molecule has 0 unspecified atom stereocenters. The number of rotatable bonds is 3. The minimum Gasteiger partial charge on any atom is -0.465 e. The summed E-state index contributed by atoms with van der Waals surface area (Å²) in [6, 6.07) is 7.24. The molecule has 2 heterocycles. The molecule has 0 aliphatic carbocycles. The molecule has 1 aromatic heterocycles. The topological polar surface area (TPSA) is 115 Å². The Morgan fingerprint density at radius 3 is 2.46 bits per heavy atom. The highest BCUT2D eigenvalue weighted by Crippen LogP contribution is 2.29. The van der Waals surface area contributed by atoms with Crippen molar-refractivity contribution in [3.63, 3.8) is 0 Å². The highest BCUT2D eigenvalue weighted by molar-refractivity contribution is 9.10. The minimum absolute atomic E-state index is 0.202. The number of imide groups is 2. The number of carbonyl (C=O) groups is 4. The van der Waals surface area contributed by atoms with Gasteiger partial charge in [-0.1, -0.05) is 15.9 Å². The van der Waals surface area contributed by atoms with Crippen LogP contribution < -0.4 is 10.6 Å². The van der Waals surface area contributed by atoms with Crippen molar-refractivity contribution in [2.75, 3.05) is 7.11 Å². The summed E-state index contributed by atoms with van der Waals surface area (Å²) in [7, 11) is 1.27. The first-order valence-electron chi connectivity index (χ1n) is 7.25. The molecular weight excluding hydrogens is 408 g/mol. The molecule has 1 aromatic carbocycles. The fraction of sp³-hybridized carbons (Fsp3) is 0.0588. The van der Waals surface area contributed by atoms with Crippen molar-refractivity contribution in [2.45, 2.75) is 0 Å². The van der Waals surface area contributed by atoms with Crippen LogP contribution in [0.1, 0.15) is 16.1 Å². The maximum absolute atomic E-state index is 12.0. The molecule has 1 aliphatic heterocycles. The number of halogens is 1. The number of barbiturate groups is 1. The standard InChI is InChI=1S/C17H11BrN2O6/c1-25-16(23)11-6-8(18)2-4-10(11)13-5-3-9(26-13)7-12-14(21)19-17(24)20-15(12)22/h2-7H,1H3,(H2,19,20,21,22,24). The van der Waals surface area contributed by atoms with Crippen LogP contribution in [0.3, 0.4) is 0 Å². The Labute approximate surface area is 155 Å². The lowest BCUT2D eigenvalue weighted by molar-refractivity contribution is -0.123. The van der Waals surface area contributed by atoms with Gasteiger partial charge in [-0.2, -0.15) is 0 Å². The molecule has 0 saturated carbocycles. The fourth-order valence-electron chi connectivity index (χ4n) is 2.33. The van der Waals surface area contributed by atoms with Gasteiger partial charge in [0.25, 0.3) is 11.8 Å². The van der Waals surface area contributed by atoms with Gasteiger partial charge in [-0.15, -0.1) is 0 Å². The largest absolute Gasteiger partial charge is 0.465 e. The number of nitrogens with one attached hydrogen (secondary N) is 2. The van der Waals surface area contributed by atoms with E-state index in [1.165, 1.54) is 19.3 Å². The van der Waals surface area contributed by atoms with E-state index in [9.17, 15) is 19.2 Å². The Balaban J connectivity index is 1.98. The molecule has 0 spiro atoms. The monoisotopic (exact) mass is 418 g/mol. The smallest absolute Gasteiger partial charge is 0.338 e. The molecule has 4 amide bonds. The first-order chi connectivity index (χ1) is 12.4. The normalized spacial score (nSPS) is 13.9. The molecule has 1 saturated heterocycles. The van der Waals surface area contributed by atoms with E-state index in [0.29, 0.717) is 15.8 Å². The molecule has 132 valence electrons. The summed E-state index contributed by atoms with van der Waals surface area (Å²) in [6.07, 6.45) is 1.21. The number of furan rings is 1. The Morgan fingerprint density at radius 1 is 1.12 bits per heavy atom. The van der Waals surface area contributed by atoms with Gasteiger partial charge < -0.3 is 9.15 Å². The molecule has 2 aromatic rings. The number of ether oxygens (including phenoxy) is 1. The quantitative estimate of drug-likeness (QED) is 0.448. The van der Waals surface area contributed by atoms with Crippen molar-refractivity contribution >= 4 is 45.8 Å². The zero-order chi connectivity index (χ0) is 18.8. The van der Waals surface area contributed by atoms with Crippen LogP contribution in [0.4, 0.5) is 4.79 Å². The lowest BCUT2D eigenvalue weighted by Crippen LogP contribution is -2.51. The van der Waals surface area contributed by atoms with E-state index in [1.807, 2.05) is 10.6 Å². The zero-order valence-electron chi connectivity index (χ0n) is 13.3. The highest BCUT2D eigenvalue weighted by atomic mass is 79.9. The van der Waals surface area contributed by atoms with E-state index >= 15 is 0 Å². The average Bonchev–Trinajstić information content (AvgIpc) is 3.05. The summed E-state index contributed by atoms with van der Waals surface area (Å²) < 4.78 is 11.1. The first kappa shape index (κ1) is 17.6. The number of esters is 1. The highest BCUT2D eigenvalue weighted by Gasteiger charge is 2.28. The molecule has 2 N–H and O–H groups in total. The van der Waals surface area contributed by atoms with Gasteiger partial charge in [0.15, 0.2) is 0 Å². The average molecular weight is 419 g/mol. The van der Waals surface area contributed by atoms with Crippen molar-refractivity contribution in [2.24, 2.45) is 0 Å². The zero-order valence-corrected chi connectivity index (χ0v) is 14.9. The molecular formula is C17H11BrN2O6. The van der Waals surface area contributed by atoms with Crippen molar-refractivity contribution in [1.82, 2.24) is 10.6 Å². The van der Waals surface area contributed by atoms with Gasteiger partial charge in [0.05, 0.1) is 12.7 Å². The maximum atomic E-state index is 12.0. The van der Waals surface area contributed by atoms with Crippen LogP contribution in [0.5, 0.6) is 0 Å². The summed E-state index contributed by atoms with van der Waals surface area (Å²) in [5.41, 5.74) is 0.501. The summed E-state index contributed by atoms with van der Waals surface area (Å²) in [4.78, 5) is 46.5. The lowest BCUT2D eigenvalue weighted by atomic mass is 10.1. The third-order valence-corrected chi connectivity index (χ3v) is 4.00. The van der Waals surface area contributed by atoms with E-state index in [2.05, 4.69) is 15.9 Å². The van der Waals surface area contributed by atoms with Crippen LogP contribution >= 0.6 is 15.9 Å². The molecule has 8 nitrogen and oxygen atoms in total. The Kier molecular flexibility index (Phi) is 4.72. The van der Waals surface area contributed by atoms with E-state index in [-0.39, 0.29) is 16.9 Å². The van der Waals surface area contributed by atoms with E-state index in [4.69, 9.17) is 9.15 Å². The lowest BCUT2D eigenvalue weighted by Gasteiger charge is -2.13. The second kappa shape index (κ2) is 6.96. The van der Waals surface area contributed by atoms with Crippen molar-refractivity contribution < 1.29 is 28.3 Å². The van der Waals surface area contributed by atoms with Gasteiger partial charge in [-0.3, -0.25) is 20.2 Å². The number of amides is 4. The van der Waals surface area contributed by atoms with Crippen LogP contribution in [0.15, 0.2) is 44.8 Å². The van der Waals surface area contributed by atoms with Gasteiger partial charge in [0.2, 0.25) is 0 Å². The summed E-state index contributed by atoms with van der Waals surface area (Å²) in [6.45, 7) is 0. The second-order valence-corrected chi connectivity index (χ2v) is 6.09. The first-order valence-corrected chi connectivity index (χ1v) is 8.05. The Morgan fingerprint density at radius 2 is 1.81 bits per heavy atom. The minimum atomic E-state index is -0.880. The van der Waals surface area contributed by atoms with E-state index in [1.54, 1.807) is 24.3 Å². The van der Waals surface area contributed by atoms with E-state index < -0.39 is 23.8 Å². The predicted molar refractivity (Wildman–Crippen MR) is 92.8 cm³/mol. The predicted octanol–water partition coefficient (Wildman–Crippen LogP) is 2.25. The van der Waals surface area contributed by atoms with Crippen LogP contribution in [0, 0.1) is 0 Å². The van der Waals surface area contributed by atoms with Crippen molar-refractivity contribution in [3.8, 4) is 11.3 Å². The van der Waals surface area contributed by atoms with Gasteiger partial charge in [-0.25, -0.2) is 9.59 Å². The number of methoxy groups -OCH3 is 1. The second-order valence-electron chi connectivity index (χ2n) is 5.18. The molecule has 1 aliphatic rings. The number of hydrogen-bond acceptors (Lipinski definition) is 6. The van der Waals surface area contributed by atoms with E-state index in [0.717, 1.165) is 0 Å². The van der Waals surface area contributed by atoms with Gasteiger partial charge in [0.1, 0.15) is 17.1 Å². The molecule has 26 heavy (non-hydrogen) atoms. The molecule has 3 rings (SSSR count). The molecule has 9 heteroatoms. The summed E-state index contributed by atoms with van der Waals surface area (Å²) in [5.74, 6) is -1.64. The molecule has 0 atom stereocenters. The van der Waals surface area contributed by atoms with Gasteiger partial charge in [0, 0.05) is 10.0 Å². The Bertz CT molecular complexity index is 953.